The molecular weight excluding hydrogens is 380 g/mol. The Hall–Kier alpha value is -1.56. The smallest absolute Gasteiger partial charge is 0.244 e. The van der Waals surface area contributed by atoms with Crippen molar-refractivity contribution in [3.8, 4) is 0 Å². The molecule has 1 aliphatic rings. The predicted octanol–water partition coefficient (Wildman–Crippen LogP) is 2.90. The van der Waals surface area contributed by atoms with Gasteiger partial charge in [0.25, 0.3) is 0 Å². The molecule has 1 aliphatic heterocycles. The molecule has 25 heavy (non-hydrogen) atoms. The summed E-state index contributed by atoms with van der Waals surface area (Å²) in [5.74, 6) is 0.808. The molecule has 0 atom stereocenters. The lowest BCUT2D eigenvalue weighted by Gasteiger charge is -2.27. The number of rotatable bonds is 6. The number of carbonyl (C=O) groups excluding carboxylic acids is 1. The van der Waals surface area contributed by atoms with Gasteiger partial charge in [-0.25, -0.2) is 4.99 Å². The number of halogens is 1. The van der Waals surface area contributed by atoms with Crippen LogP contribution in [0.2, 0.25) is 0 Å². The van der Waals surface area contributed by atoms with Crippen LogP contribution in [-0.2, 0) is 10.2 Å². The fourth-order valence-electron chi connectivity index (χ4n) is 2.86. The molecule has 1 saturated heterocycles. The fourth-order valence-corrected chi connectivity index (χ4v) is 3.13. The highest BCUT2D eigenvalue weighted by Crippen LogP contribution is 2.23. The number of nitrogens with one attached hydrogen (secondary N) is 2. The van der Waals surface area contributed by atoms with Crippen LogP contribution in [0.1, 0.15) is 39.2 Å². The number of carbonyl (C=O) groups is 1. The Balaban J connectivity index is 1.94. The molecule has 1 heterocycles. The summed E-state index contributed by atoms with van der Waals surface area (Å²) in [6.07, 6.45) is 2.21. The molecule has 0 radical (unpaired) electrons. The SMILES string of the molecule is CCNC(=NCC(=O)N1CCCC1)NCC(C)(C)c1ccc(Br)cc1. The standard InChI is InChI=1S/C19H29BrN4O/c1-4-21-18(22-13-17(25)24-11-5-6-12-24)23-14-19(2,3)15-7-9-16(20)10-8-15/h7-10H,4-6,11-14H2,1-3H3,(H2,21,22,23). The molecule has 6 heteroatoms. The van der Waals surface area contributed by atoms with E-state index in [1.54, 1.807) is 0 Å². The minimum atomic E-state index is -0.0458. The molecule has 2 N–H and O–H groups in total. The maximum absolute atomic E-state index is 12.2. The fraction of sp³-hybridized carbons (Fsp3) is 0.579. The van der Waals surface area contributed by atoms with Crippen molar-refractivity contribution < 1.29 is 4.79 Å². The van der Waals surface area contributed by atoms with E-state index in [2.05, 4.69) is 69.7 Å². The first-order valence-electron chi connectivity index (χ1n) is 8.98. The van der Waals surface area contributed by atoms with E-state index in [-0.39, 0.29) is 17.9 Å². The Morgan fingerprint density at radius 3 is 2.44 bits per heavy atom. The van der Waals surface area contributed by atoms with Crippen LogP contribution in [0, 0.1) is 0 Å². The summed E-state index contributed by atoms with van der Waals surface area (Å²) in [4.78, 5) is 18.5. The molecule has 1 aromatic rings. The Morgan fingerprint density at radius 1 is 1.20 bits per heavy atom. The van der Waals surface area contributed by atoms with Crippen LogP contribution in [-0.4, -0.2) is 49.5 Å². The molecule has 0 saturated carbocycles. The highest BCUT2D eigenvalue weighted by Gasteiger charge is 2.21. The highest BCUT2D eigenvalue weighted by atomic mass is 79.9. The molecule has 2 rings (SSSR count). The van der Waals surface area contributed by atoms with Gasteiger partial charge in [0.2, 0.25) is 5.91 Å². The zero-order valence-electron chi connectivity index (χ0n) is 15.4. The van der Waals surface area contributed by atoms with Crippen molar-refractivity contribution in [1.82, 2.24) is 15.5 Å². The van der Waals surface area contributed by atoms with Gasteiger partial charge in [-0.05, 0) is 37.5 Å². The second kappa shape index (κ2) is 9.22. The predicted molar refractivity (Wildman–Crippen MR) is 107 cm³/mol. The third-order valence-electron chi connectivity index (χ3n) is 4.50. The molecule has 1 aromatic carbocycles. The zero-order chi connectivity index (χ0) is 18.3. The molecule has 0 aromatic heterocycles. The molecule has 0 unspecified atom stereocenters. The average molecular weight is 409 g/mol. The molecular formula is C19H29BrN4O. The van der Waals surface area contributed by atoms with Crippen LogP contribution < -0.4 is 10.6 Å². The first-order valence-corrected chi connectivity index (χ1v) is 9.77. The van der Waals surface area contributed by atoms with E-state index in [1.807, 2.05) is 11.8 Å². The van der Waals surface area contributed by atoms with Gasteiger partial charge in [0.05, 0.1) is 0 Å². The lowest BCUT2D eigenvalue weighted by Crippen LogP contribution is -2.44. The Labute approximate surface area is 159 Å². The summed E-state index contributed by atoms with van der Waals surface area (Å²) >= 11 is 3.48. The summed E-state index contributed by atoms with van der Waals surface area (Å²) in [5, 5.41) is 6.60. The van der Waals surface area contributed by atoms with Gasteiger partial charge < -0.3 is 15.5 Å². The van der Waals surface area contributed by atoms with Crippen molar-refractivity contribution in [1.29, 1.82) is 0 Å². The van der Waals surface area contributed by atoms with E-state index in [1.165, 1.54) is 5.56 Å². The van der Waals surface area contributed by atoms with Crippen LogP contribution in [0.4, 0.5) is 0 Å². The van der Waals surface area contributed by atoms with E-state index in [0.717, 1.165) is 43.5 Å². The van der Waals surface area contributed by atoms with Crippen molar-refractivity contribution in [3.05, 3.63) is 34.3 Å². The van der Waals surface area contributed by atoms with Crippen molar-refractivity contribution in [2.45, 2.75) is 39.0 Å². The normalized spacial score (nSPS) is 15.4. The number of guanidine groups is 1. The summed E-state index contributed by atoms with van der Waals surface area (Å²) < 4.78 is 1.08. The van der Waals surface area contributed by atoms with Gasteiger partial charge in [0.1, 0.15) is 6.54 Å². The lowest BCUT2D eigenvalue weighted by molar-refractivity contribution is -0.128. The Morgan fingerprint density at radius 2 is 1.84 bits per heavy atom. The van der Waals surface area contributed by atoms with Gasteiger partial charge in [-0.3, -0.25) is 4.79 Å². The van der Waals surface area contributed by atoms with Crippen LogP contribution in [0.15, 0.2) is 33.7 Å². The summed E-state index contributed by atoms with van der Waals surface area (Å²) in [6, 6.07) is 8.38. The molecule has 138 valence electrons. The van der Waals surface area contributed by atoms with Crippen LogP contribution >= 0.6 is 15.9 Å². The number of amides is 1. The van der Waals surface area contributed by atoms with E-state index >= 15 is 0 Å². The molecule has 0 bridgehead atoms. The maximum atomic E-state index is 12.2. The highest BCUT2D eigenvalue weighted by molar-refractivity contribution is 9.10. The Kier molecular flexibility index (Phi) is 7.29. The van der Waals surface area contributed by atoms with E-state index in [4.69, 9.17) is 0 Å². The lowest BCUT2D eigenvalue weighted by atomic mass is 9.85. The average Bonchev–Trinajstić information content (AvgIpc) is 3.12. The van der Waals surface area contributed by atoms with Crippen molar-refractivity contribution in [2.75, 3.05) is 32.7 Å². The maximum Gasteiger partial charge on any atom is 0.244 e. The third kappa shape index (κ3) is 6.03. The van der Waals surface area contributed by atoms with E-state index in [0.29, 0.717) is 5.96 Å². The van der Waals surface area contributed by atoms with Crippen LogP contribution in [0.5, 0.6) is 0 Å². The number of likely N-dealkylation sites (tertiary alicyclic amines) is 1. The van der Waals surface area contributed by atoms with Gasteiger partial charge in [0.15, 0.2) is 5.96 Å². The van der Waals surface area contributed by atoms with Crippen LogP contribution in [0.25, 0.3) is 0 Å². The molecule has 0 aliphatic carbocycles. The van der Waals surface area contributed by atoms with E-state index < -0.39 is 0 Å². The number of benzene rings is 1. The van der Waals surface area contributed by atoms with Gasteiger partial charge in [-0.15, -0.1) is 0 Å². The quantitative estimate of drug-likeness (QED) is 0.561. The molecule has 1 amide bonds. The van der Waals surface area contributed by atoms with Gasteiger partial charge >= 0.3 is 0 Å². The second-order valence-electron chi connectivity index (χ2n) is 7.03. The first kappa shape index (κ1) is 19.8. The molecule has 1 fully saturated rings. The van der Waals surface area contributed by atoms with Crippen molar-refractivity contribution in [3.63, 3.8) is 0 Å². The monoisotopic (exact) mass is 408 g/mol. The number of nitrogens with zero attached hydrogens (tertiary/aromatic N) is 2. The van der Waals surface area contributed by atoms with Gasteiger partial charge in [-0.2, -0.15) is 0 Å². The number of aliphatic imine (C=N–C) groups is 1. The number of hydrogen-bond acceptors (Lipinski definition) is 2. The summed E-state index contributed by atoms with van der Waals surface area (Å²) in [6.45, 7) is 9.86. The minimum absolute atomic E-state index is 0.0458. The van der Waals surface area contributed by atoms with Crippen molar-refractivity contribution in [2.24, 2.45) is 4.99 Å². The summed E-state index contributed by atoms with van der Waals surface area (Å²) in [7, 11) is 0. The first-order chi connectivity index (χ1) is 11.9. The van der Waals surface area contributed by atoms with E-state index in [9.17, 15) is 4.79 Å². The second-order valence-corrected chi connectivity index (χ2v) is 7.94. The number of hydrogen-bond donors (Lipinski definition) is 2. The van der Waals surface area contributed by atoms with Gasteiger partial charge in [-0.1, -0.05) is 41.9 Å². The third-order valence-corrected chi connectivity index (χ3v) is 5.03. The Bertz CT molecular complexity index is 592. The molecule has 0 spiro atoms. The van der Waals surface area contributed by atoms with Crippen LogP contribution in [0.3, 0.4) is 0 Å². The zero-order valence-corrected chi connectivity index (χ0v) is 17.0. The minimum Gasteiger partial charge on any atom is -0.357 e. The van der Waals surface area contributed by atoms with Crippen molar-refractivity contribution >= 4 is 27.8 Å². The largest absolute Gasteiger partial charge is 0.357 e. The molecule has 5 nitrogen and oxygen atoms in total. The van der Waals surface area contributed by atoms with Gasteiger partial charge in [0, 0.05) is 36.1 Å². The summed E-state index contributed by atoms with van der Waals surface area (Å²) in [5.41, 5.74) is 1.21. The topological polar surface area (TPSA) is 56.7 Å².